The maximum atomic E-state index is 13.2. The second kappa shape index (κ2) is 6.08. The first-order valence-corrected chi connectivity index (χ1v) is 8.07. The van der Waals surface area contributed by atoms with Gasteiger partial charge in [0.05, 0.1) is 16.4 Å². The normalized spacial score (nSPS) is 18.1. The van der Waals surface area contributed by atoms with Gasteiger partial charge in [0, 0.05) is 13.1 Å². The van der Waals surface area contributed by atoms with Crippen LogP contribution >= 0.6 is 0 Å². The molecule has 0 saturated carbocycles. The summed E-state index contributed by atoms with van der Waals surface area (Å²) in [6.45, 7) is -0.226. The third-order valence-corrected chi connectivity index (χ3v) is 5.58. The molecule has 1 heterocycles. The van der Waals surface area contributed by atoms with Crippen LogP contribution in [0.2, 0.25) is 0 Å². The van der Waals surface area contributed by atoms with Crippen LogP contribution in [-0.4, -0.2) is 36.9 Å². The SMILES string of the molecule is O=C(O)C1CCN(S(=O)(=O)c2ccc(F)c(C(F)(F)F)c2)CC1. The lowest BCUT2D eigenvalue weighted by molar-refractivity contribution is -0.143. The molecule has 0 unspecified atom stereocenters. The summed E-state index contributed by atoms with van der Waals surface area (Å²) >= 11 is 0. The Morgan fingerprint density at radius 2 is 1.78 bits per heavy atom. The average Bonchev–Trinajstić information content (AvgIpc) is 2.46. The first-order chi connectivity index (χ1) is 10.5. The average molecular weight is 355 g/mol. The number of nitrogens with zero attached hydrogens (tertiary/aromatic N) is 1. The highest BCUT2D eigenvalue weighted by molar-refractivity contribution is 7.89. The zero-order chi connectivity index (χ0) is 17.4. The van der Waals surface area contributed by atoms with E-state index in [9.17, 15) is 30.8 Å². The zero-order valence-electron chi connectivity index (χ0n) is 11.7. The molecule has 2 rings (SSSR count). The maximum absolute atomic E-state index is 13.2. The Hall–Kier alpha value is -1.68. The van der Waals surface area contributed by atoms with Gasteiger partial charge in [-0.05, 0) is 31.0 Å². The van der Waals surface area contributed by atoms with Crippen LogP contribution < -0.4 is 0 Å². The third-order valence-electron chi connectivity index (χ3n) is 3.68. The van der Waals surface area contributed by atoms with Gasteiger partial charge in [0.25, 0.3) is 0 Å². The van der Waals surface area contributed by atoms with Gasteiger partial charge in [0.15, 0.2) is 0 Å². The van der Waals surface area contributed by atoms with E-state index < -0.39 is 44.4 Å². The van der Waals surface area contributed by atoms with Gasteiger partial charge in [-0.1, -0.05) is 0 Å². The fourth-order valence-electron chi connectivity index (χ4n) is 2.37. The van der Waals surface area contributed by atoms with Crippen LogP contribution in [0.1, 0.15) is 18.4 Å². The molecule has 0 bridgehead atoms. The number of carboxylic acid groups (broad SMARTS) is 1. The quantitative estimate of drug-likeness (QED) is 0.845. The second-order valence-corrected chi connectivity index (χ2v) is 7.09. The van der Waals surface area contributed by atoms with Crippen molar-refractivity contribution in [1.29, 1.82) is 0 Å². The summed E-state index contributed by atoms with van der Waals surface area (Å²) in [5.74, 6) is -3.27. The molecule has 0 atom stereocenters. The third kappa shape index (κ3) is 3.63. The molecular weight excluding hydrogens is 342 g/mol. The highest BCUT2D eigenvalue weighted by atomic mass is 32.2. The Labute approximate surface area is 129 Å². The van der Waals surface area contributed by atoms with E-state index >= 15 is 0 Å². The predicted octanol–water partition coefficient (Wildman–Crippen LogP) is 2.33. The molecule has 0 amide bonds. The molecule has 1 fully saturated rings. The molecular formula is C13H13F4NO4S. The Morgan fingerprint density at radius 1 is 1.22 bits per heavy atom. The van der Waals surface area contributed by atoms with Gasteiger partial charge in [-0.2, -0.15) is 17.5 Å². The highest BCUT2D eigenvalue weighted by Crippen LogP contribution is 2.34. The van der Waals surface area contributed by atoms with Gasteiger partial charge in [-0.15, -0.1) is 0 Å². The number of benzene rings is 1. The van der Waals surface area contributed by atoms with E-state index in [4.69, 9.17) is 5.11 Å². The summed E-state index contributed by atoms with van der Waals surface area (Å²) in [4.78, 5) is 10.2. The molecule has 1 aromatic rings. The fourth-order valence-corrected chi connectivity index (χ4v) is 3.87. The van der Waals surface area contributed by atoms with Crippen LogP contribution in [0.5, 0.6) is 0 Å². The molecule has 1 aliphatic rings. The molecule has 1 aromatic carbocycles. The molecule has 0 spiro atoms. The molecule has 1 N–H and O–H groups in total. The van der Waals surface area contributed by atoms with E-state index in [1.165, 1.54) is 0 Å². The summed E-state index contributed by atoms with van der Waals surface area (Å²) in [6, 6.07) is 1.48. The number of aliphatic carboxylic acids is 1. The van der Waals surface area contributed by atoms with E-state index in [-0.39, 0.29) is 32.0 Å². The predicted molar refractivity (Wildman–Crippen MR) is 70.5 cm³/mol. The number of halogens is 4. The maximum Gasteiger partial charge on any atom is 0.419 e. The number of carboxylic acids is 1. The Kier molecular flexibility index (Phi) is 4.67. The van der Waals surface area contributed by atoms with Crippen molar-refractivity contribution < 1.29 is 35.9 Å². The van der Waals surface area contributed by atoms with Crippen molar-refractivity contribution in [2.45, 2.75) is 23.9 Å². The van der Waals surface area contributed by atoms with Crippen molar-refractivity contribution in [3.8, 4) is 0 Å². The lowest BCUT2D eigenvalue weighted by atomic mass is 9.99. The number of sulfonamides is 1. The van der Waals surface area contributed by atoms with Crippen LogP contribution in [0.15, 0.2) is 23.1 Å². The number of hydrogen-bond donors (Lipinski definition) is 1. The van der Waals surface area contributed by atoms with Crippen LogP contribution in [0.4, 0.5) is 17.6 Å². The number of piperidine rings is 1. The van der Waals surface area contributed by atoms with Crippen molar-refractivity contribution in [3.05, 3.63) is 29.6 Å². The van der Waals surface area contributed by atoms with Crippen LogP contribution in [0.3, 0.4) is 0 Å². The first-order valence-electron chi connectivity index (χ1n) is 6.63. The topological polar surface area (TPSA) is 74.7 Å². The minimum Gasteiger partial charge on any atom is -0.481 e. The summed E-state index contributed by atoms with van der Waals surface area (Å²) in [5, 5.41) is 8.87. The Morgan fingerprint density at radius 3 is 2.26 bits per heavy atom. The monoisotopic (exact) mass is 355 g/mol. The van der Waals surface area contributed by atoms with Crippen LogP contribution in [-0.2, 0) is 21.0 Å². The molecule has 0 aliphatic carbocycles. The van der Waals surface area contributed by atoms with Crippen molar-refractivity contribution in [1.82, 2.24) is 4.31 Å². The van der Waals surface area contributed by atoms with E-state index in [0.717, 1.165) is 10.4 Å². The van der Waals surface area contributed by atoms with E-state index in [1.54, 1.807) is 0 Å². The number of rotatable bonds is 3. The fraction of sp³-hybridized carbons (Fsp3) is 0.462. The Balaban J connectivity index is 2.29. The van der Waals surface area contributed by atoms with Gasteiger partial charge >= 0.3 is 12.1 Å². The minimum atomic E-state index is -5.01. The van der Waals surface area contributed by atoms with Crippen molar-refractivity contribution in [2.24, 2.45) is 5.92 Å². The summed E-state index contributed by atoms with van der Waals surface area (Å²) < 4.78 is 76.9. The number of carbonyl (C=O) groups is 1. The number of hydrogen-bond acceptors (Lipinski definition) is 3. The van der Waals surface area contributed by atoms with Crippen LogP contribution in [0, 0.1) is 11.7 Å². The van der Waals surface area contributed by atoms with Crippen LogP contribution in [0.25, 0.3) is 0 Å². The summed E-state index contributed by atoms with van der Waals surface area (Å²) in [6.07, 6.45) is -4.87. The van der Waals surface area contributed by atoms with E-state index in [2.05, 4.69) is 0 Å². The first kappa shape index (κ1) is 17.7. The minimum absolute atomic E-state index is 0.0713. The Bertz CT molecular complexity index is 709. The standard InChI is InChI=1S/C13H13F4NO4S/c14-11-2-1-9(7-10(11)13(15,16)17)23(21,22)18-5-3-8(4-6-18)12(19)20/h1-2,7-8H,3-6H2,(H,19,20). The highest BCUT2D eigenvalue weighted by Gasteiger charge is 2.37. The zero-order valence-corrected chi connectivity index (χ0v) is 12.5. The second-order valence-electron chi connectivity index (χ2n) is 5.16. The largest absolute Gasteiger partial charge is 0.481 e. The molecule has 1 aliphatic heterocycles. The van der Waals surface area contributed by atoms with Gasteiger partial charge in [0.2, 0.25) is 10.0 Å². The number of alkyl halides is 3. The summed E-state index contributed by atoms with van der Waals surface area (Å²) in [7, 11) is -4.24. The molecule has 0 radical (unpaired) electrons. The smallest absolute Gasteiger partial charge is 0.419 e. The van der Waals surface area contributed by atoms with Gasteiger partial charge in [0.1, 0.15) is 5.82 Å². The molecule has 128 valence electrons. The molecule has 23 heavy (non-hydrogen) atoms. The lowest BCUT2D eigenvalue weighted by Gasteiger charge is -2.29. The van der Waals surface area contributed by atoms with E-state index in [1.807, 2.05) is 0 Å². The molecule has 0 aromatic heterocycles. The molecule has 1 saturated heterocycles. The molecule has 5 nitrogen and oxygen atoms in total. The van der Waals surface area contributed by atoms with Gasteiger partial charge < -0.3 is 5.11 Å². The van der Waals surface area contributed by atoms with Crippen molar-refractivity contribution in [3.63, 3.8) is 0 Å². The lowest BCUT2D eigenvalue weighted by Crippen LogP contribution is -2.40. The van der Waals surface area contributed by atoms with Gasteiger partial charge in [-0.3, -0.25) is 4.79 Å². The van der Waals surface area contributed by atoms with Crippen molar-refractivity contribution >= 4 is 16.0 Å². The van der Waals surface area contributed by atoms with Crippen molar-refractivity contribution in [2.75, 3.05) is 13.1 Å². The van der Waals surface area contributed by atoms with E-state index in [0.29, 0.717) is 6.07 Å². The molecule has 10 heteroatoms. The summed E-state index contributed by atoms with van der Waals surface area (Å²) in [5.41, 5.74) is -1.65. The van der Waals surface area contributed by atoms with Gasteiger partial charge in [-0.25, -0.2) is 12.8 Å².